The van der Waals surface area contributed by atoms with Gasteiger partial charge in [-0.15, -0.1) is 11.3 Å². The van der Waals surface area contributed by atoms with Crippen molar-refractivity contribution >= 4 is 28.3 Å². The van der Waals surface area contributed by atoms with Crippen molar-refractivity contribution in [3.8, 4) is 11.5 Å². The number of carbonyl (C=O) groups excluding carboxylic acids is 1. The summed E-state index contributed by atoms with van der Waals surface area (Å²) in [6.07, 6.45) is 3.91. The Morgan fingerprint density at radius 2 is 2.03 bits per heavy atom. The standard InChI is InChI=1S/C24H25N5O4S/c1-27-23-17(13-26-27)24(31)28(14-25-23)8-7-21(30)29-9-6-15-11-18(32-2)19(33-3)12-16(15)22(29)20-5-4-10-34-20/h4-5,10-14,22H,6-9H2,1-3H3. The van der Waals surface area contributed by atoms with E-state index in [1.165, 1.54) is 17.1 Å². The molecular formula is C24H25N5O4S. The van der Waals surface area contributed by atoms with Crippen LogP contribution in [0.2, 0.25) is 0 Å². The minimum absolute atomic E-state index is 0.0166. The number of ether oxygens (including phenoxy) is 2. The first-order valence-electron chi connectivity index (χ1n) is 11.0. The summed E-state index contributed by atoms with van der Waals surface area (Å²) >= 11 is 1.62. The Morgan fingerprint density at radius 3 is 2.76 bits per heavy atom. The van der Waals surface area contributed by atoms with Gasteiger partial charge in [-0.1, -0.05) is 6.07 Å². The van der Waals surface area contributed by atoms with E-state index in [0.29, 0.717) is 35.5 Å². The summed E-state index contributed by atoms with van der Waals surface area (Å²) in [6.45, 7) is 0.834. The third-order valence-corrected chi connectivity index (χ3v) is 7.22. The average molecular weight is 480 g/mol. The molecule has 4 aromatic rings. The number of aryl methyl sites for hydroxylation is 2. The van der Waals surface area contributed by atoms with Crippen LogP contribution in [0.3, 0.4) is 0 Å². The van der Waals surface area contributed by atoms with Gasteiger partial charge >= 0.3 is 0 Å². The zero-order valence-electron chi connectivity index (χ0n) is 19.2. The van der Waals surface area contributed by atoms with Crippen LogP contribution < -0.4 is 15.0 Å². The zero-order chi connectivity index (χ0) is 23.8. The Balaban J connectivity index is 1.44. The number of hydrogen-bond donors (Lipinski definition) is 0. The van der Waals surface area contributed by atoms with Crippen LogP contribution in [0.1, 0.15) is 28.5 Å². The molecule has 3 aromatic heterocycles. The smallest absolute Gasteiger partial charge is 0.264 e. The molecule has 0 bridgehead atoms. The number of benzene rings is 1. The van der Waals surface area contributed by atoms with Gasteiger partial charge in [-0.2, -0.15) is 5.10 Å². The van der Waals surface area contributed by atoms with Gasteiger partial charge in [0.15, 0.2) is 17.1 Å². The number of aromatic nitrogens is 4. The summed E-state index contributed by atoms with van der Waals surface area (Å²) in [6, 6.07) is 7.80. The summed E-state index contributed by atoms with van der Waals surface area (Å²) in [4.78, 5) is 33.6. The highest BCUT2D eigenvalue weighted by Crippen LogP contribution is 2.42. The third-order valence-electron chi connectivity index (χ3n) is 6.29. The monoisotopic (exact) mass is 479 g/mol. The van der Waals surface area contributed by atoms with E-state index in [1.807, 2.05) is 34.5 Å². The van der Waals surface area contributed by atoms with Crippen LogP contribution in [0.5, 0.6) is 11.5 Å². The molecule has 5 rings (SSSR count). The van der Waals surface area contributed by atoms with Crippen LogP contribution >= 0.6 is 11.3 Å². The molecule has 4 heterocycles. The minimum Gasteiger partial charge on any atom is -0.493 e. The van der Waals surface area contributed by atoms with E-state index in [4.69, 9.17) is 9.47 Å². The number of fused-ring (bicyclic) bond motifs is 2. The van der Waals surface area contributed by atoms with Gasteiger partial charge in [0.05, 0.1) is 32.8 Å². The van der Waals surface area contributed by atoms with Crippen molar-refractivity contribution < 1.29 is 14.3 Å². The number of rotatable bonds is 6. The van der Waals surface area contributed by atoms with Crippen LogP contribution in [-0.4, -0.2) is 50.9 Å². The molecule has 1 aromatic carbocycles. The molecule has 1 atom stereocenters. The fourth-order valence-electron chi connectivity index (χ4n) is 4.55. The second-order valence-electron chi connectivity index (χ2n) is 8.16. The number of carbonyl (C=O) groups is 1. The highest BCUT2D eigenvalue weighted by molar-refractivity contribution is 7.10. The van der Waals surface area contributed by atoms with Crippen LogP contribution in [0, 0.1) is 0 Å². The van der Waals surface area contributed by atoms with Crippen LogP contribution in [0.15, 0.2) is 47.0 Å². The number of methoxy groups -OCH3 is 2. The lowest BCUT2D eigenvalue weighted by Crippen LogP contribution is -2.41. The van der Waals surface area contributed by atoms with Gasteiger partial charge in [-0.05, 0) is 41.1 Å². The van der Waals surface area contributed by atoms with Crippen molar-refractivity contribution in [3.63, 3.8) is 0 Å². The second-order valence-corrected chi connectivity index (χ2v) is 9.14. The van der Waals surface area contributed by atoms with E-state index in [0.717, 1.165) is 16.0 Å². The van der Waals surface area contributed by atoms with Gasteiger partial charge in [0.25, 0.3) is 5.56 Å². The SMILES string of the molecule is COc1cc2c(cc1OC)C(c1cccs1)N(C(=O)CCn1cnc3c(cnn3C)c1=O)CC2. The minimum atomic E-state index is -0.216. The largest absolute Gasteiger partial charge is 0.493 e. The average Bonchev–Trinajstić information content (AvgIpc) is 3.52. The molecule has 1 amide bonds. The topological polar surface area (TPSA) is 91.5 Å². The van der Waals surface area contributed by atoms with Crippen molar-refractivity contribution in [2.45, 2.75) is 25.4 Å². The first-order chi connectivity index (χ1) is 16.5. The third kappa shape index (κ3) is 3.73. The maximum atomic E-state index is 13.5. The van der Waals surface area contributed by atoms with E-state index < -0.39 is 0 Å². The van der Waals surface area contributed by atoms with E-state index in [1.54, 1.807) is 37.3 Å². The summed E-state index contributed by atoms with van der Waals surface area (Å²) in [5.74, 6) is 1.31. The van der Waals surface area contributed by atoms with Gasteiger partial charge in [0.2, 0.25) is 5.91 Å². The molecule has 9 nitrogen and oxygen atoms in total. The molecule has 0 spiro atoms. The molecule has 0 radical (unpaired) electrons. The molecule has 34 heavy (non-hydrogen) atoms. The quantitative estimate of drug-likeness (QED) is 0.422. The number of hydrogen-bond acceptors (Lipinski definition) is 7. The molecule has 1 aliphatic heterocycles. The highest BCUT2D eigenvalue weighted by Gasteiger charge is 2.33. The predicted octanol–water partition coefficient (Wildman–Crippen LogP) is 2.77. The molecule has 1 unspecified atom stereocenters. The number of thiophene rings is 1. The maximum Gasteiger partial charge on any atom is 0.264 e. The summed E-state index contributed by atoms with van der Waals surface area (Å²) < 4.78 is 14.1. The maximum absolute atomic E-state index is 13.5. The molecule has 0 fully saturated rings. The Bertz CT molecular complexity index is 1410. The zero-order valence-corrected chi connectivity index (χ0v) is 20.0. The van der Waals surface area contributed by atoms with Gasteiger partial charge in [0.1, 0.15) is 5.39 Å². The van der Waals surface area contributed by atoms with Crippen molar-refractivity contribution in [2.75, 3.05) is 20.8 Å². The molecule has 0 saturated carbocycles. The van der Waals surface area contributed by atoms with E-state index in [-0.39, 0.29) is 30.5 Å². The predicted molar refractivity (Wildman–Crippen MR) is 129 cm³/mol. The lowest BCUT2D eigenvalue weighted by molar-refractivity contribution is -0.133. The Kier molecular flexibility index (Phi) is 5.82. The van der Waals surface area contributed by atoms with E-state index in [9.17, 15) is 9.59 Å². The van der Waals surface area contributed by atoms with E-state index >= 15 is 0 Å². The van der Waals surface area contributed by atoms with Crippen molar-refractivity contribution in [1.29, 1.82) is 0 Å². The normalized spacial score (nSPS) is 15.4. The fourth-order valence-corrected chi connectivity index (χ4v) is 5.41. The summed E-state index contributed by atoms with van der Waals surface area (Å²) in [5, 5.41) is 6.56. The molecule has 0 aliphatic carbocycles. The molecular weight excluding hydrogens is 454 g/mol. The summed E-state index contributed by atoms with van der Waals surface area (Å²) in [7, 11) is 4.98. The fraction of sp³-hybridized carbons (Fsp3) is 0.333. The molecule has 176 valence electrons. The Morgan fingerprint density at radius 1 is 1.24 bits per heavy atom. The van der Waals surface area contributed by atoms with Crippen LogP contribution in [0.4, 0.5) is 0 Å². The number of nitrogens with zero attached hydrogens (tertiary/aromatic N) is 5. The Labute approximate surface area is 200 Å². The lowest BCUT2D eigenvalue weighted by atomic mass is 9.90. The van der Waals surface area contributed by atoms with Crippen molar-refractivity contribution in [2.24, 2.45) is 7.05 Å². The lowest BCUT2D eigenvalue weighted by Gasteiger charge is -2.37. The molecule has 0 N–H and O–H groups in total. The molecule has 1 aliphatic rings. The Hall–Kier alpha value is -3.66. The first kappa shape index (κ1) is 22.1. The molecule has 0 saturated heterocycles. The van der Waals surface area contributed by atoms with Crippen molar-refractivity contribution in [3.05, 3.63) is 68.5 Å². The molecule has 10 heteroatoms. The van der Waals surface area contributed by atoms with Gasteiger partial charge < -0.3 is 14.4 Å². The first-order valence-corrected chi connectivity index (χ1v) is 11.8. The van der Waals surface area contributed by atoms with Crippen LogP contribution in [0.25, 0.3) is 11.0 Å². The van der Waals surface area contributed by atoms with Crippen molar-refractivity contribution in [1.82, 2.24) is 24.2 Å². The summed E-state index contributed by atoms with van der Waals surface area (Å²) in [5.41, 5.74) is 2.52. The van der Waals surface area contributed by atoms with Gasteiger partial charge in [-0.3, -0.25) is 18.8 Å². The second kappa shape index (κ2) is 8.94. The van der Waals surface area contributed by atoms with Gasteiger partial charge in [-0.25, -0.2) is 4.98 Å². The van der Waals surface area contributed by atoms with Crippen LogP contribution in [-0.2, 0) is 24.8 Å². The highest BCUT2D eigenvalue weighted by atomic mass is 32.1. The number of amides is 1. The van der Waals surface area contributed by atoms with Gasteiger partial charge in [0, 0.05) is 31.4 Å². The van der Waals surface area contributed by atoms with E-state index in [2.05, 4.69) is 10.1 Å².